The van der Waals surface area contributed by atoms with E-state index in [1.54, 1.807) is 6.07 Å². The Kier molecular flexibility index (Phi) is 5.62. The highest BCUT2D eigenvalue weighted by atomic mass is 35.5. The van der Waals surface area contributed by atoms with E-state index in [-0.39, 0.29) is 28.1 Å². The van der Waals surface area contributed by atoms with E-state index < -0.39 is 22.5 Å². The molecule has 6 nitrogen and oxygen atoms in total. The summed E-state index contributed by atoms with van der Waals surface area (Å²) in [4.78, 5) is 19.7. The maximum absolute atomic E-state index is 13.3. The number of aromatic amines is 1. The van der Waals surface area contributed by atoms with Gasteiger partial charge in [-0.2, -0.15) is 18.3 Å². The zero-order chi connectivity index (χ0) is 22.2. The van der Waals surface area contributed by atoms with Gasteiger partial charge in [0.15, 0.2) is 5.78 Å². The number of alkyl halides is 3. The zero-order valence-electron chi connectivity index (χ0n) is 16.3. The molecule has 162 valence electrons. The van der Waals surface area contributed by atoms with E-state index in [1.165, 1.54) is 18.5 Å². The van der Waals surface area contributed by atoms with Gasteiger partial charge in [0.2, 0.25) is 0 Å². The second-order valence-corrected chi connectivity index (χ2v) is 7.76. The predicted molar refractivity (Wildman–Crippen MR) is 112 cm³/mol. The van der Waals surface area contributed by atoms with Crippen LogP contribution in [0.5, 0.6) is 0 Å². The van der Waals surface area contributed by atoms with Gasteiger partial charge in [-0.3, -0.25) is 9.89 Å². The number of carbonyl (C=O) groups excluding carboxylic acids is 1. The van der Waals surface area contributed by atoms with Crippen molar-refractivity contribution in [2.24, 2.45) is 0 Å². The molecule has 1 aliphatic rings. The first-order valence-corrected chi connectivity index (χ1v) is 10.1. The number of ketones is 1. The van der Waals surface area contributed by atoms with E-state index >= 15 is 0 Å². The van der Waals surface area contributed by atoms with Gasteiger partial charge in [-0.05, 0) is 37.5 Å². The number of hydrogen-bond acceptors (Lipinski definition) is 5. The van der Waals surface area contributed by atoms with Crippen molar-refractivity contribution >= 4 is 28.9 Å². The van der Waals surface area contributed by atoms with E-state index in [0.29, 0.717) is 5.82 Å². The zero-order valence-corrected chi connectivity index (χ0v) is 17.1. The average Bonchev–Trinajstić information content (AvgIpc) is 3.23. The van der Waals surface area contributed by atoms with Crippen molar-refractivity contribution < 1.29 is 18.0 Å². The fourth-order valence-electron chi connectivity index (χ4n) is 3.67. The monoisotopic (exact) mass is 449 g/mol. The molecule has 3 aromatic rings. The van der Waals surface area contributed by atoms with Gasteiger partial charge in [0.1, 0.15) is 5.82 Å². The lowest BCUT2D eigenvalue weighted by Gasteiger charge is -2.28. The Morgan fingerprint density at radius 1 is 1.10 bits per heavy atom. The molecule has 1 saturated heterocycles. The third-order valence-electron chi connectivity index (χ3n) is 5.29. The number of pyridine rings is 1. The van der Waals surface area contributed by atoms with E-state index in [2.05, 4.69) is 20.1 Å². The molecule has 10 heteroatoms. The SMILES string of the molecule is Nc1cnc(N2CCCCC2)cc1C(=O)c1cn[nH]c1-c1ccc(Cl)c(C(F)(F)F)c1. The Labute approximate surface area is 181 Å². The number of nitrogen functional groups attached to an aromatic ring is 1. The second-order valence-electron chi connectivity index (χ2n) is 7.36. The molecule has 3 N–H and O–H groups in total. The molecule has 0 spiro atoms. The smallest absolute Gasteiger partial charge is 0.397 e. The Morgan fingerprint density at radius 3 is 2.55 bits per heavy atom. The number of H-pyrrole nitrogens is 1. The molecule has 0 atom stereocenters. The van der Waals surface area contributed by atoms with Gasteiger partial charge in [-0.1, -0.05) is 17.7 Å². The highest BCUT2D eigenvalue weighted by Gasteiger charge is 2.34. The number of nitrogens with two attached hydrogens (primary N) is 1. The van der Waals surface area contributed by atoms with Crippen molar-refractivity contribution in [3.8, 4) is 11.3 Å². The number of piperidine rings is 1. The van der Waals surface area contributed by atoms with Crippen LogP contribution < -0.4 is 10.6 Å². The summed E-state index contributed by atoms with van der Waals surface area (Å²) in [7, 11) is 0. The van der Waals surface area contributed by atoms with Gasteiger partial charge in [-0.15, -0.1) is 0 Å². The lowest BCUT2D eigenvalue weighted by atomic mass is 9.98. The van der Waals surface area contributed by atoms with Crippen LogP contribution in [-0.4, -0.2) is 34.1 Å². The van der Waals surface area contributed by atoms with Crippen LogP contribution in [0, 0.1) is 0 Å². The van der Waals surface area contributed by atoms with E-state index in [0.717, 1.165) is 44.5 Å². The topological polar surface area (TPSA) is 87.9 Å². The third kappa shape index (κ3) is 4.23. The van der Waals surface area contributed by atoms with Crippen LogP contribution in [0.25, 0.3) is 11.3 Å². The van der Waals surface area contributed by atoms with Crippen molar-refractivity contribution in [3.63, 3.8) is 0 Å². The Morgan fingerprint density at radius 2 is 1.84 bits per heavy atom. The summed E-state index contributed by atoms with van der Waals surface area (Å²) in [6, 6.07) is 5.06. The minimum absolute atomic E-state index is 0.109. The van der Waals surface area contributed by atoms with Gasteiger partial charge < -0.3 is 10.6 Å². The molecule has 1 fully saturated rings. The molecule has 0 saturated carbocycles. The van der Waals surface area contributed by atoms with Crippen molar-refractivity contribution in [1.82, 2.24) is 15.2 Å². The molecule has 4 rings (SSSR count). The van der Waals surface area contributed by atoms with Crippen LogP contribution in [-0.2, 0) is 6.18 Å². The number of anilines is 2. The molecule has 1 aromatic carbocycles. The van der Waals surface area contributed by atoms with Gasteiger partial charge >= 0.3 is 6.18 Å². The van der Waals surface area contributed by atoms with Gasteiger partial charge in [0.05, 0.1) is 45.5 Å². The van der Waals surface area contributed by atoms with Crippen LogP contribution in [0.1, 0.15) is 40.7 Å². The summed E-state index contributed by atoms with van der Waals surface area (Å²) in [6.45, 7) is 1.68. The first-order chi connectivity index (χ1) is 14.8. The minimum atomic E-state index is -4.63. The lowest BCUT2D eigenvalue weighted by Crippen LogP contribution is -2.30. The Bertz CT molecular complexity index is 1120. The summed E-state index contributed by atoms with van der Waals surface area (Å²) in [5.74, 6) is 0.193. The number of rotatable bonds is 4. The maximum atomic E-state index is 13.3. The Hall–Kier alpha value is -3.07. The van der Waals surface area contributed by atoms with Crippen molar-refractivity contribution in [3.05, 3.63) is 58.4 Å². The van der Waals surface area contributed by atoms with Gasteiger partial charge in [0.25, 0.3) is 0 Å². The summed E-state index contributed by atoms with van der Waals surface area (Å²) in [5.41, 5.74) is 5.84. The van der Waals surface area contributed by atoms with Crippen LogP contribution >= 0.6 is 11.6 Å². The van der Waals surface area contributed by atoms with Crippen LogP contribution in [0.3, 0.4) is 0 Å². The molecule has 0 aliphatic carbocycles. The summed E-state index contributed by atoms with van der Waals surface area (Å²) in [5, 5.41) is 6.07. The van der Waals surface area contributed by atoms with Crippen molar-refractivity contribution in [2.75, 3.05) is 23.7 Å². The van der Waals surface area contributed by atoms with E-state index in [9.17, 15) is 18.0 Å². The number of benzene rings is 1. The number of halogens is 4. The van der Waals surface area contributed by atoms with Crippen molar-refractivity contribution in [1.29, 1.82) is 0 Å². The lowest BCUT2D eigenvalue weighted by molar-refractivity contribution is -0.137. The maximum Gasteiger partial charge on any atom is 0.417 e. The highest BCUT2D eigenvalue weighted by molar-refractivity contribution is 6.31. The molecule has 0 amide bonds. The van der Waals surface area contributed by atoms with Crippen LogP contribution in [0.15, 0.2) is 36.7 Å². The van der Waals surface area contributed by atoms with Gasteiger partial charge in [0, 0.05) is 18.7 Å². The molecular weight excluding hydrogens is 431 g/mol. The molecule has 0 unspecified atom stereocenters. The van der Waals surface area contributed by atoms with Crippen molar-refractivity contribution in [2.45, 2.75) is 25.4 Å². The largest absolute Gasteiger partial charge is 0.417 e. The molecular formula is C21H19ClF3N5O. The summed E-state index contributed by atoms with van der Waals surface area (Å²) in [6.07, 6.45) is 1.31. The number of carbonyl (C=O) groups is 1. The number of nitrogens with zero attached hydrogens (tertiary/aromatic N) is 3. The standard InChI is InChI=1S/C21H19ClF3N5O/c22-16-5-4-12(8-15(16)21(23,24)25)19-14(10-28-29-19)20(31)13-9-18(27-11-17(13)26)30-6-2-1-3-7-30/h4-5,8-11H,1-3,6-7,26H2,(H,28,29). The fraction of sp³-hybridized carbons (Fsp3) is 0.286. The molecule has 1 aliphatic heterocycles. The first kappa shape index (κ1) is 21.2. The molecule has 3 heterocycles. The quantitative estimate of drug-likeness (QED) is 0.550. The number of hydrogen-bond donors (Lipinski definition) is 2. The normalized spacial score (nSPS) is 14.6. The van der Waals surface area contributed by atoms with Gasteiger partial charge in [-0.25, -0.2) is 4.98 Å². The second kappa shape index (κ2) is 8.22. The number of aromatic nitrogens is 3. The van der Waals surface area contributed by atoms with E-state index in [4.69, 9.17) is 17.3 Å². The van der Waals surface area contributed by atoms with E-state index in [1.807, 2.05) is 0 Å². The van der Waals surface area contributed by atoms with Crippen LogP contribution in [0.2, 0.25) is 5.02 Å². The van der Waals surface area contributed by atoms with Crippen LogP contribution in [0.4, 0.5) is 24.7 Å². The first-order valence-electron chi connectivity index (χ1n) is 9.71. The Balaban J connectivity index is 1.72. The molecule has 0 bridgehead atoms. The molecule has 31 heavy (non-hydrogen) atoms. The average molecular weight is 450 g/mol. The summed E-state index contributed by atoms with van der Waals surface area (Å²) < 4.78 is 39.8. The number of nitrogens with one attached hydrogen (secondary N) is 1. The molecule has 2 aromatic heterocycles. The summed E-state index contributed by atoms with van der Waals surface area (Å²) >= 11 is 5.71. The minimum Gasteiger partial charge on any atom is -0.397 e. The highest BCUT2D eigenvalue weighted by Crippen LogP contribution is 2.38. The third-order valence-corrected chi connectivity index (χ3v) is 5.62. The fourth-order valence-corrected chi connectivity index (χ4v) is 3.89. The predicted octanol–water partition coefficient (Wildman–Crippen LogP) is 4.95. The molecule has 0 radical (unpaired) electrons.